The molecule has 1 aliphatic carbocycles. The third-order valence-electron chi connectivity index (χ3n) is 1.79. The normalized spacial score (nSPS) is 28.4. The number of hydrogen-bond acceptors (Lipinski definition) is 3. The molecule has 4 heteroatoms. The summed E-state index contributed by atoms with van der Waals surface area (Å²) < 4.78 is 4.77. The van der Waals surface area contributed by atoms with Crippen molar-refractivity contribution < 1.29 is 14.6 Å². The molecule has 66 valence electrons. The highest BCUT2D eigenvalue weighted by Crippen LogP contribution is 2.40. The van der Waals surface area contributed by atoms with Gasteiger partial charge in [0.2, 0.25) is 5.78 Å². The molecule has 0 aliphatic heterocycles. The fourth-order valence-corrected chi connectivity index (χ4v) is 1.55. The highest BCUT2D eigenvalue weighted by molar-refractivity contribution is 6.47. The number of ether oxygens (including phenoxy) is 1. The Balaban J connectivity index is 2.97. The smallest absolute Gasteiger partial charge is 0.217 e. The van der Waals surface area contributed by atoms with Crippen molar-refractivity contribution in [1.82, 2.24) is 0 Å². The van der Waals surface area contributed by atoms with Crippen LogP contribution in [0.25, 0.3) is 0 Å². The van der Waals surface area contributed by atoms with Gasteiger partial charge in [-0.2, -0.15) is 0 Å². The molecule has 1 N–H and O–H groups in total. The monoisotopic (exact) mass is 188 g/mol. The van der Waals surface area contributed by atoms with Crippen molar-refractivity contribution in [3.63, 3.8) is 0 Å². The minimum absolute atomic E-state index is 0.0261. The molecular weight excluding hydrogens is 180 g/mol. The minimum Gasteiger partial charge on any atom is -0.496 e. The molecule has 0 saturated carbocycles. The van der Waals surface area contributed by atoms with E-state index in [1.54, 1.807) is 0 Å². The number of aliphatic hydroxyl groups is 1. The van der Waals surface area contributed by atoms with E-state index in [1.807, 2.05) is 0 Å². The molecule has 0 bridgehead atoms. The van der Waals surface area contributed by atoms with Gasteiger partial charge in [-0.1, -0.05) is 17.7 Å². The molecule has 0 fully saturated rings. The van der Waals surface area contributed by atoms with E-state index in [2.05, 4.69) is 6.58 Å². The van der Waals surface area contributed by atoms with Gasteiger partial charge in [0.05, 0.1) is 7.11 Å². The lowest BCUT2D eigenvalue weighted by atomic mass is 9.82. The van der Waals surface area contributed by atoms with Crippen molar-refractivity contribution in [2.45, 2.75) is 12.0 Å². The lowest BCUT2D eigenvalue weighted by Gasteiger charge is -2.34. The van der Waals surface area contributed by atoms with Crippen molar-refractivity contribution in [2.24, 2.45) is 0 Å². The third-order valence-corrected chi connectivity index (χ3v) is 2.14. The number of Topliss-reactive ketones (excluding diaryl/α,β-unsaturated/α-hetero) is 1. The second-order valence-corrected chi connectivity index (χ2v) is 2.91. The van der Waals surface area contributed by atoms with E-state index in [9.17, 15) is 9.90 Å². The van der Waals surface area contributed by atoms with Crippen LogP contribution in [-0.4, -0.2) is 23.6 Å². The lowest BCUT2D eigenvalue weighted by molar-refractivity contribution is -0.137. The Morgan fingerprint density at radius 3 is 2.83 bits per heavy atom. The van der Waals surface area contributed by atoms with Crippen molar-refractivity contribution >= 4 is 17.4 Å². The molecule has 1 unspecified atom stereocenters. The summed E-state index contributed by atoms with van der Waals surface area (Å²) in [6, 6.07) is 0. The lowest BCUT2D eigenvalue weighted by Crippen LogP contribution is -2.49. The molecule has 1 atom stereocenters. The van der Waals surface area contributed by atoms with E-state index in [4.69, 9.17) is 16.3 Å². The molecule has 0 heterocycles. The molecule has 0 saturated heterocycles. The fraction of sp³-hybridized carbons (Fsp3) is 0.375. The van der Waals surface area contributed by atoms with Crippen LogP contribution in [0.1, 0.15) is 6.42 Å². The SMILES string of the molecule is C=CCC1(O)C(=O)C(Cl)=C1OC. The maximum Gasteiger partial charge on any atom is 0.217 e. The van der Waals surface area contributed by atoms with Gasteiger partial charge in [-0.3, -0.25) is 4.79 Å². The standard InChI is InChI=1S/C8H9ClO3/c1-3-4-8(11)6(10)5(9)7(8)12-2/h3,11H,1,4H2,2H3. The van der Waals surface area contributed by atoms with Gasteiger partial charge >= 0.3 is 0 Å². The second-order valence-electron chi connectivity index (χ2n) is 2.53. The first kappa shape index (κ1) is 9.29. The number of ketones is 1. The minimum atomic E-state index is -1.56. The Morgan fingerprint density at radius 2 is 2.42 bits per heavy atom. The zero-order valence-electron chi connectivity index (χ0n) is 6.63. The van der Waals surface area contributed by atoms with E-state index >= 15 is 0 Å². The molecule has 1 aliphatic rings. The molecule has 0 spiro atoms. The van der Waals surface area contributed by atoms with Crippen LogP contribution in [0.15, 0.2) is 23.4 Å². The van der Waals surface area contributed by atoms with Gasteiger partial charge in [0.1, 0.15) is 5.03 Å². The Morgan fingerprint density at radius 1 is 1.83 bits per heavy atom. The molecule has 0 aromatic carbocycles. The van der Waals surface area contributed by atoms with Crippen LogP contribution in [0, 0.1) is 0 Å². The molecule has 0 aromatic rings. The van der Waals surface area contributed by atoms with Gasteiger partial charge < -0.3 is 9.84 Å². The molecule has 0 amide bonds. The van der Waals surface area contributed by atoms with Crippen molar-refractivity contribution in [1.29, 1.82) is 0 Å². The Labute approximate surface area is 75.3 Å². The zero-order chi connectivity index (χ0) is 9.35. The Kier molecular flexibility index (Phi) is 2.26. The molecule has 12 heavy (non-hydrogen) atoms. The van der Waals surface area contributed by atoms with Crippen LogP contribution in [-0.2, 0) is 9.53 Å². The Hall–Kier alpha value is -0.800. The van der Waals surface area contributed by atoms with E-state index in [-0.39, 0.29) is 17.2 Å². The average molecular weight is 189 g/mol. The molecule has 3 nitrogen and oxygen atoms in total. The van der Waals surface area contributed by atoms with E-state index in [0.29, 0.717) is 0 Å². The number of rotatable bonds is 3. The first-order valence-electron chi connectivity index (χ1n) is 3.40. The summed E-state index contributed by atoms with van der Waals surface area (Å²) in [7, 11) is 1.36. The summed E-state index contributed by atoms with van der Waals surface area (Å²) in [5.74, 6) is -0.366. The van der Waals surface area contributed by atoms with Crippen LogP contribution in [0.2, 0.25) is 0 Å². The predicted molar refractivity (Wildman–Crippen MR) is 44.7 cm³/mol. The summed E-state index contributed by atoms with van der Waals surface area (Å²) >= 11 is 5.50. The number of methoxy groups -OCH3 is 1. The summed E-state index contributed by atoms with van der Waals surface area (Å²) in [5, 5.41) is 9.59. The maximum absolute atomic E-state index is 11.1. The van der Waals surface area contributed by atoms with Gasteiger partial charge in [0, 0.05) is 6.42 Å². The maximum atomic E-state index is 11.1. The first-order valence-corrected chi connectivity index (χ1v) is 3.78. The highest BCUT2D eigenvalue weighted by atomic mass is 35.5. The largest absolute Gasteiger partial charge is 0.496 e. The van der Waals surface area contributed by atoms with E-state index < -0.39 is 11.4 Å². The number of carbonyl (C=O) groups is 1. The van der Waals surface area contributed by atoms with Crippen molar-refractivity contribution in [2.75, 3.05) is 7.11 Å². The molecule has 1 rings (SSSR count). The van der Waals surface area contributed by atoms with Crippen LogP contribution in [0.4, 0.5) is 0 Å². The van der Waals surface area contributed by atoms with Crippen LogP contribution in [0.5, 0.6) is 0 Å². The molecular formula is C8H9ClO3. The zero-order valence-corrected chi connectivity index (χ0v) is 7.39. The highest BCUT2D eigenvalue weighted by Gasteiger charge is 2.53. The van der Waals surface area contributed by atoms with Crippen molar-refractivity contribution in [3.8, 4) is 0 Å². The summed E-state index contributed by atoms with van der Waals surface area (Å²) in [6.07, 6.45) is 1.57. The van der Waals surface area contributed by atoms with Gasteiger partial charge in [0.25, 0.3) is 0 Å². The van der Waals surface area contributed by atoms with Crippen LogP contribution >= 0.6 is 11.6 Å². The summed E-state index contributed by atoms with van der Waals surface area (Å²) in [5.41, 5.74) is -1.56. The topological polar surface area (TPSA) is 46.5 Å². The van der Waals surface area contributed by atoms with Crippen LogP contribution in [0.3, 0.4) is 0 Å². The van der Waals surface area contributed by atoms with Gasteiger partial charge in [-0.05, 0) is 0 Å². The average Bonchev–Trinajstić information content (AvgIpc) is 2.05. The predicted octanol–water partition coefficient (Wildman–Crippen LogP) is 0.973. The van der Waals surface area contributed by atoms with Gasteiger partial charge in [-0.25, -0.2) is 0 Å². The molecule has 0 aromatic heterocycles. The fourth-order valence-electron chi connectivity index (χ4n) is 1.16. The van der Waals surface area contributed by atoms with Crippen LogP contribution < -0.4 is 0 Å². The van der Waals surface area contributed by atoms with E-state index in [0.717, 1.165) is 0 Å². The number of carbonyl (C=O) groups excluding carboxylic acids is 1. The number of halogens is 1. The third kappa shape index (κ3) is 0.974. The summed E-state index contributed by atoms with van der Waals surface area (Å²) in [4.78, 5) is 11.1. The quantitative estimate of drug-likeness (QED) is 0.672. The summed E-state index contributed by atoms with van der Waals surface area (Å²) in [6.45, 7) is 3.42. The van der Waals surface area contributed by atoms with E-state index in [1.165, 1.54) is 13.2 Å². The van der Waals surface area contributed by atoms with Crippen molar-refractivity contribution in [3.05, 3.63) is 23.4 Å². The van der Waals surface area contributed by atoms with Gasteiger partial charge in [-0.15, -0.1) is 6.58 Å². The first-order chi connectivity index (χ1) is 5.57. The number of hydrogen-bond donors (Lipinski definition) is 1. The Bertz CT molecular complexity index is 269. The van der Waals surface area contributed by atoms with Gasteiger partial charge in [0.15, 0.2) is 11.4 Å². The molecule has 0 radical (unpaired) electrons. The second kappa shape index (κ2) is 2.92.